The van der Waals surface area contributed by atoms with Crippen molar-refractivity contribution in [3.8, 4) is 0 Å². The molecule has 36 heavy (non-hydrogen) atoms. The Morgan fingerprint density at radius 1 is 0.556 bits per heavy atom. The van der Waals surface area contributed by atoms with Crippen LogP contribution in [0.15, 0.2) is 24.3 Å². The summed E-state index contributed by atoms with van der Waals surface area (Å²) >= 11 is 0. The summed E-state index contributed by atoms with van der Waals surface area (Å²) in [6.07, 6.45) is 27.5. The van der Waals surface area contributed by atoms with Crippen molar-refractivity contribution < 1.29 is 4.79 Å². The van der Waals surface area contributed by atoms with E-state index in [1.165, 1.54) is 109 Å². The number of nitrogens with zero attached hydrogens (tertiary/aromatic N) is 2. The van der Waals surface area contributed by atoms with E-state index in [0.717, 1.165) is 42.4 Å². The van der Waals surface area contributed by atoms with Crippen LogP contribution in [-0.4, -0.2) is 15.8 Å². The van der Waals surface area contributed by atoms with Crippen LogP contribution < -0.4 is 0 Å². The van der Waals surface area contributed by atoms with E-state index in [2.05, 4.69) is 13.8 Å². The Bertz CT molecular complexity index is 832. The third-order valence-corrected chi connectivity index (χ3v) is 7.43. The number of carbonyl (C=O) groups is 1. The molecule has 1 heterocycles. The molecule has 2 aromatic rings. The van der Waals surface area contributed by atoms with Crippen LogP contribution in [-0.2, 0) is 6.42 Å². The molecule has 0 bridgehead atoms. The van der Waals surface area contributed by atoms with E-state index >= 15 is 0 Å². The number of carbonyl (C=O) groups excluding carboxylic acids is 1. The first-order chi connectivity index (χ1) is 17.8. The van der Waals surface area contributed by atoms with E-state index in [0.29, 0.717) is 12.1 Å². The highest BCUT2D eigenvalue weighted by Crippen LogP contribution is 2.19. The normalized spacial score (nSPS) is 11.4. The van der Waals surface area contributed by atoms with Crippen LogP contribution in [0, 0.1) is 0 Å². The van der Waals surface area contributed by atoms with E-state index in [1.54, 1.807) is 0 Å². The fraction of sp³-hybridized carbons (Fsp3) is 0.727. The van der Waals surface area contributed by atoms with Crippen molar-refractivity contribution in [2.75, 3.05) is 0 Å². The second-order valence-corrected chi connectivity index (χ2v) is 10.8. The smallest absolute Gasteiger partial charge is 0.183 e. The van der Waals surface area contributed by atoms with Crippen LogP contribution in [0.25, 0.3) is 11.0 Å². The number of aryl methyl sites for hydroxylation is 1. The standard InChI is InChI=1S/C33H54N2O/c1-3-5-7-9-11-13-15-17-19-21-27-31-33(35-30-26-24-23-25-29(30)34-31)32(36)28-22-20-18-16-14-12-10-8-6-4-2/h23-26H,3-22,27-28H2,1-2H3. The maximum absolute atomic E-state index is 13.1. The number of para-hydroxylation sites is 2. The quantitative estimate of drug-likeness (QED) is 0.114. The van der Waals surface area contributed by atoms with Gasteiger partial charge in [-0.25, -0.2) is 9.97 Å². The van der Waals surface area contributed by atoms with E-state index in [4.69, 9.17) is 9.97 Å². The van der Waals surface area contributed by atoms with Gasteiger partial charge in [0.05, 0.1) is 16.7 Å². The fourth-order valence-corrected chi connectivity index (χ4v) is 5.11. The van der Waals surface area contributed by atoms with Crippen LogP contribution in [0.3, 0.4) is 0 Å². The van der Waals surface area contributed by atoms with Gasteiger partial charge in [0.2, 0.25) is 0 Å². The summed E-state index contributed by atoms with van der Waals surface area (Å²) in [6.45, 7) is 4.54. The second kappa shape index (κ2) is 20.3. The Kier molecular flexibility index (Phi) is 17.2. The molecule has 0 fully saturated rings. The highest BCUT2D eigenvalue weighted by molar-refractivity contribution is 5.96. The number of Topliss-reactive ketones (excluding diaryl/α,β-unsaturated/α-hetero) is 1. The van der Waals surface area contributed by atoms with E-state index in [-0.39, 0.29) is 5.78 Å². The summed E-state index contributed by atoms with van der Waals surface area (Å²) in [5.74, 6) is 0.190. The first-order valence-corrected chi connectivity index (χ1v) is 15.5. The van der Waals surface area contributed by atoms with Gasteiger partial charge >= 0.3 is 0 Å². The molecule has 0 amide bonds. The molecular weight excluding hydrogens is 440 g/mol. The average molecular weight is 495 g/mol. The summed E-state index contributed by atoms with van der Waals surface area (Å²) in [5.41, 5.74) is 3.32. The number of ketones is 1. The lowest BCUT2D eigenvalue weighted by atomic mass is 10.0. The molecule has 0 radical (unpaired) electrons. The van der Waals surface area contributed by atoms with Crippen molar-refractivity contribution in [1.82, 2.24) is 9.97 Å². The molecule has 3 heteroatoms. The minimum absolute atomic E-state index is 0.190. The van der Waals surface area contributed by atoms with Crippen LogP contribution in [0.2, 0.25) is 0 Å². The maximum Gasteiger partial charge on any atom is 0.183 e. The summed E-state index contributed by atoms with van der Waals surface area (Å²) in [7, 11) is 0. The molecular formula is C33H54N2O. The minimum Gasteiger partial charge on any atom is -0.292 e. The summed E-state index contributed by atoms with van der Waals surface area (Å²) in [4.78, 5) is 22.8. The molecule has 0 spiro atoms. The highest BCUT2D eigenvalue weighted by atomic mass is 16.1. The molecule has 1 aromatic heterocycles. The third-order valence-electron chi connectivity index (χ3n) is 7.43. The Morgan fingerprint density at radius 2 is 0.972 bits per heavy atom. The van der Waals surface area contributed by atoms with Crippen molar-refractivity contribution in [3.05, 3.63) is 35.7 Å². The Labute approximate surface area is 222 Å². The van der Waals surface area contributed by atoms with E-state index in [9.17, 15) is 4.79 Å². The van der Waals surface area contributed by atoms with Crippen LogP contribution in [0.4, 0.5) is 0 Å². The molecule has 0 saturated heterocycles. The molecule has 3 nitrogen and oxygen atoms in total. The number of hydrogen-bond donors (Lipinski definition) is 0. The van der Waals surface area contributed by atoms with E-state index in [1.807, 2.05) is 24.3 Å². The predicted octanol–water partition coefficient (Wildman–Crippen LogP) is 10.6. The molecule has 1 aromatic carbocycles. The largest absolute Gasteiger partial charge is 0.292 e. The number of aromatic nitrogens is 2. The molecule has 2 rings (SSSR count). The average Bonchev–Trinajstić information content (AvgIpc) is 2.90. The van der Waals surface area contributed by atoms with Crippen molar-refractivity contribution in [2.45, 2.75) is 155 Å². The van der Waals surface area contributed by atoms with Gasteiger partial charge in [0.25, 0.3) is 0 Å². The van der Waals surface area contributed by atoms with Gasteiger partial charge in [0.15, 0.2) is 5.78 Å². The maximum atomic E-state index is 13.1. The van der Waals surface area contributed by atoms with Gasteiger partial charge in [-0.2, -0.15) is 0 Å². The SMILES string of the molecule is CCCCCCCCCCCCC(=O)c1nc2ccccc2nc1CCCCCCCCCCCC. The van der Waals surface area contributed by atoms with Gasteiger partial charge in [-0.05, 0) is 31.4 Å². The predicted molar refractivity (Wildman–Crippen MR) is 156 cm³/mol. The highest BCUT2D eigenvalue weighted by Gasteiger charge is 2.16. The molecule has 0 N–H and O–H groups in total. The lowest BCUT2D eigenvalue weighted by Crippen LogP contribution is -2.10. The van der Waals surface area contributed by atoms with Crippen molar-refractivity contribution in [3.63, 3.8) is 0 Å². The zero-order chi connectivity index (χ0) is 25.7. The monoisotopic (exact) mass is 494 g/mol. The summed E-state index contributed by atoms with van der Waals surface area (Å²) < 4.78 is 0. The van der Waals surface area contributed by atoms with Gasteiger partial charge in [-0.3, -0.25) is 4.79 Å². The topological polar surface area (TPSA) is 42.9 Å². The summed E-state index contributed by atoms with van der Waals surface area (Å²) in [6, 6.07) is 7.98. The lowest BCUT2D eigenvalue weighted by molar-refractivity contribution is 0.0973. The molecule has 202 valence electrons. The van der Waals surface area contributed by atoms with Gasteiger partial charge in [0, 0.05) is 6.42 Å². The second-order valence-electron chi connectivity index (χ2n) is 10.8. The zero-order valence-electron chi connectivity index (χ0n) is 23.7. The first-order valence-electron chi connectivity index (χ1n) is 15.5. The van der Waals surface area contributed by atoms with Crippen molar-refractivity contribution in [1.29, 1.82) is 0 Å². The van der Waals surface area contributed by atoms with Crippen LogP contribution in [0.5, 0.6) is 0 Å². The molecule has 0 atom stereocenters. The van der Waals surface area contributed by atoms with Crippen molar-refractivity contribution in [2.24, 2.45) is 0 Å². The van der Waals surface area contributed by atoms with Crippen LogP contribution >= 0.6 is 0 Å². The summed E-state index contributed by atoms with van der Waals surface area (Å²) in [5, 5.41) is 0. The van der Waals surface area contributed by atoms with Gasteiger partial charge in [0.1, 0.15) is 5.69 Å². The van der Waals surface area contributed by atoms with Gasteiger partial charge < -0.3 is 0 Å². The fourth-order valence-electron chi connectivity index (χ4n) is 5.11. The molecule has 0 aliphatic rings. The van der Waals surface area contributed by atoms with Gasteiger partial charge in [-0.15, -0.1) is 0 Å². The van der Waals surface area contributed by atoms with Crippen LogP contribution in [0.1, 0.15) is 165 Å². The first kappa shape index (κ1) is 30.5. The number of unbranched alkanes of at least 4 members (excludes halogenated alkanes) is 18. The minimum atomic E-state index is 0.190. The number of hydrogen-bond acceptors (Lipinski definition) is 3. The Hall–Kier alpha value is -1.77. The zero-order valence-corrected chi connectivity index (χ0v) is 23.7. The van der Waals surface area contributed by atoms with Gasteiger partial charge in [-0.1, -0.05) is 142 Å². The Morgan fingerprint density at radius 3 is 1.47 bits per heavy atom. The molecule has 0 unspecified atom stereocenters. The van der Waals surface area contributed by atoms with Crippen molar-refractivity contribution >= 4 is 16.8 Å². The third kappa shape index (κ3) is 13.0. The number of fused-ring (bicyclic) bond motifs is 1. The van der Waals surface area contributed by atoms with E-state index < -0.39 is 0 Å². The number of benzene rings is 1. The lowest BCUT2D eigenvalue weighted by Gasteiger charge is -2.10. The molecule has 0 aliphatic heterocycles. The molecule has 0 saturated carbocycles. The Balaban J connectivity index is 1.73. The number of rotatable bonds is 23. The molecule has 0 aliphatic carbocycles.